The quantitative estimate of drug-likeness (QED) is 0.781. The van der Waals surface area contributed by atoms with E-state index in [1.807, 2.05) is 41.8 Å². The fraction of sp³-hybridized carbons (Fsp3) is 0.118. The molecular formula is C17H15N3O2S. The van der Waals surface area contributed by atoms with E-state index in [1.54, 1.807) is 13.3 Å². The molecule has 0 aliphatic heterocycles. The number of amides is 1. The SMILES string of the molecule is COc1cccc(CC(=O)Nc2cc(-c3ccncn3)cs2)c1. The van der Waals surface area contributed by atoms with Crippen LogP contribution in [-0.4, -0.2) is 23.0 Å². The maximum atomic E-state index is 12.2. The average Bonchev–Trinajstić information content (AvgIpc) is 3.04. The first-order chi connectivity index (χ1) is 11.2. The molecule has 5 nitrogen and oxygen atoms in total. The van der Waals surface area contributed by atoms with Crippen molar-refractivity contribution in [2.45, 2.75) is 6.42 Å². The Hall–Kier alpha value is -2.73. The standard InChI is InChI=1S/C17H15N3O2S/c1-22-14-4-2-3-12(7-14)8-16(21)20-17-9-13(10-23-17)15-5-6-18-11-19-15/h2-7,9-11H,8H2,1H3,(H,20,21). The van der Waals surface area contributed by atoms with E-state index in [0.29, 0.717) is 6.42 Å². The van der Waals surface area contributed by atoms with Crippen molar-refractivity contribution < 1.29 is 9.53 Å². The van der Waals surface area contributed by atoms with E-state index in [-0.39, 0.29) is 5.91 Å². The van der Waals surface area contributed by atoms with Crippen LogP contribution in [0.4, 0.5) is 5.00 Å². The molecule has 0 saturated carbocycles. The molecular weight excluding hydrogens is 310 g/mol. The molecule has 3 rings (SSSR count). The molecule has 0 radical (unpaired) electrons. The lowest BCUT2D eigenvalue weighted by molar-refractivity contribution is -0.115. The zero-order chi connectivity index (χ0) is 16.1. The predicted octanol–water partition coefficient (Wildman–Crippen LogP) is 3.39. The third-order valence-electron chi connectivity index (χ3n) is 3.24. The van der Waals surface area contributed by atoms with Crippen LogP contribution in [0.1, 0.15) is 5.56 Å². The number of methoxy groups -OCH3 is 1. The van der Waals surface area contributed by atoms with Crippen LogP contribution in [0.2, 0.25) is 0 Å². The fourth-order valence-corrected chi connectivity index (χ4v) is 2.96. The number of thiophene rings is 1. The summed E-state index contributed by atoms with van der Waals surface area (Å²) in [7, 11) is 1.61. The number of nitrogens with one attached hydrogen (secondary N) is 1. The number of ether oxygens (including phenoxy) is 1. The topological polar surface area (TPSA) is 64.1 Å². The monoisotopic (exact) mass is 325 g/mol. The van der Waals surface area contributed by atoms with Gasteiger partial charge >= 0.3 is 0 Å². The highest BCUT2D eigenvalue weighted by Gasteiger charge is 2.08. The maximum Gasteiger partial charge on any atom is 0.229 e. The summed E-state index contributed by atoms with van der Waals surface area (Å²) in [6.45, 7) is 0. The highest BCUT2D eigenvalue weighted by molar-refractivity contribution is 7.14. The van der Waals surface area contributed by atoms with Gasteiger partial charge in [0.2, 0.25) is 5.91 Å². The van der Waals surface area contributed by atoms with E-state index < -0.39 is 0 Å². The molecule has 1 N–H and O–H groups in total. The summed E-state index contributed by atoms with van der Waals surface area (Å²) in [6.07, 6.45) is 3.51. The molecule has 0 bridgehead atoms. The Bertz CT molecular complexity index is 802. The van der Waals surface area contributed by atoms with Crippen molar-refractivity contribution in [2.24, 2.45) is 0 Å². The van der Waals surface area contributed by atoms with Gasteiger partial charge in [-0.1, -0.05) is 12.1 Å². The van der Waals surface area contributed by atoms with E-state index in [1.165, 1.54) is 17.7 Å². The van der Waals surface area contributed by atoms with Gasteiger partial charge in [0, 0.05) is 17.1 Å². The molecule has 2 heterocycles. The van der Waals surface area contributed by atoms with Gasteiger partial charge in [0.15, 0.2) is 0 Å². The van der Waals surface area contributed by atoms with Crippen LogP contribution < -0.4 is 10.1 Å². The van der Waals surface area contributed by atoms with Gasteiger partial charge in [0.05, 0.1) is 24.2 Å². The molecule has 6 heteroatoms. The average molecular weight is 325 g/mol. The van der Waals surface area contributed by atoms with Crippen molar-refractivity contribution in [3.05, 3.63) is 59.9 Å². The maximum absolute atomic E-state index is 12.2. The van der Waals surface area contributed by atoms with Gasteiger partial charge in [0.25, 0.3) is 0 Å². The van der Waals surface area contributed by atoms with Crippen molar-refractivity contribution >= 4 is 22.2 Å². The zero-order valence-corrected chi connectivity index (χ0v) is 13.3. The highest BCUT2D eigenvalue weighted by atomic mass is 32.1. The number of hydrogen-bond acceptors (Lipinski definition) is 5. The van der Waals surface area contributed by atoms with Gasteiger partial charge in [-0.2, -0.15) is 0 Å². The van der Waals surface area contributed by atoms with E-state index in [4.69, 9.17) is 4.74 Å². The minimum atomic E-state index is -0.0608. The number of anilines is 1. The molecule has 0 spiro atoms. The van der Waals surface area contributed by atoms with Crippen LogP contribution >= 0.6 is 11.3 Å². The Morgan fingerprint density at radius 1 is 1.30 bits per heavy atom. The lowest BCUT2D eigenvalue weighted by atomic mass is 10.1. The van der Waals surface area contributed by atoms with Crippen molar-refractivity contribution in [3.8, 4) is 17.0 Å². The Morgan fingerprint density at radius 2 is 2.22 bits per heavy atom. The lowest BCUT2D eigenvalue weighted by Gasteiger charge is -2.05. The van der Waals surface area contributed by atoms with Crippen LogP contribution in [-0.2, 0) is 11.2 Å². The predicted molar refractivity (Wildman–Crippen MR) is 90.7 cm³/mol. The van der Waals surface area contributed by atoms with Crippen LogP contribution in [0.3, 0.4) is 0 Å². The number of nitrogens with zero attached hydrogens (tertiary/aromatic N) is 2. The lowest BCUT2D eigenvalue weighted by Crippen LogP contribution is -2.13. The van der Waals surface area contributed by atoms with Crippen molar-refractivity contribution in [1.82, 2.24) is 9.97 Å². The van der Waals surface area contributed by atoms with Crippen LogP contribution in [0.5, 0.6) is 5.75 Å². The Balaban J connectivity index is 1.65. The normalized spacial score (nSPS) is 10.3. The molecule has 3 aromatic rings. The summed E-state index contributed by atoms with van der Waals surface area (Å²) in [5, 5.41) is 5.67. The zero-order valence-electron chi connectivity index (χ0n) is 12.5. The smallest absolute Gasteiger partial charge is 0.229 e. The van der Waals surface area contributed by atoms with Crippen molar-refractivity contribution in [1.29, 1.82) is 0 Å². The summed E-state index contributed by atoms with van der Waals surface area (Å²) in [5.41, 5.74) is 2.72. The number of hydrogen-bond donors (Lipinski definition) is 1. The molecule has 0 atom stereocenters. The van der Waals surface area contributed by atoms with Crippen molar-refractivity contribution in [3.63, 3.8) is 0 Å². The molecule has 1 aromatic carbocycles. The Labute approximate surface area is 138 Å². The molecule has 2 aromatic heterocycles. The second-order valence-corrected chi connectivity index (χ2v) is 5.78. The first kappa shape index (κ1) is 15.2. The van der Waals surface area contributed by atoms with Gasteiger partial charge in [0.1, 0.15) is 12.1 Å². The van der Waals surface area contributed by atoms with Gasteiger partial charge in [-0.15, -0.1) is 11.3 Å². The van der Waals surface area contributed by atoms with Crippen LogP contribution in [0.25, 0.3) is 11.3 Å². The molecule has 1 amide bonds. The summed E-state index contributed by atoms with van der Waals surface area (Å²) in [5.74, 6) is 0.687. The van der Waals surface area contributed by atoms with Gasteiger partial charge in [-0.3, -0.25) is 4.79 Å². The fourth-order valence-electron chi connectivity index (χ4n) is 2.15. The molecule has 0 aliphatic carbocycles. The minimum Gasteiger partial charge on any atom is -0.497 e. The Kier molecular flexibility index (Phi) is 4.63. The second-order valence-electron chi connectivity index (χ2n) is 4.87. The largest absolute Gasteiger partial charge is 0.497 e. The summed E-state index contributed by atoms with van der Waals surface area (Å²) < 4.78 is 5.17. The van der Waals surface area contributed by atoms with Gasteiger partial charge in [-0.25, -0.2) is 9.97 Å². The molecule has 116 valence electrons. The summed E-state index contributed by atoms with van der Waals surface area (Å²) in [6, 6.07) is 11.2. The number of aromatic nitrogens is 2. The van der Waals surface area contributed by atoms with E-state index >= 15 is 0 Å². The Morgan fingerprint density at radius 3 is 3.00 bits per heavy atom. The minimum absolute atomic E-state index is 0.0608. The summed E-state index contributed by atoms with van der Waals surface area (Å²) in [4.78, 5) is 20.3. The number of rotatable bonds is 5. The first-order valence-corrected chi connectivity index (χ1v) is 7.90. The van der Waals surface area contributed by atoms with Gasteiger partial charge in [-0.05, 0) is 29.8 Å². The number of benzene rings is 1. The second kappa shape index (κ2) is 7.02. The third kappa shape index (κ3) is 3.92. The molecule has 0 unspecified atom stereocenters. The molecule has 0 saturated heterocycles. The third-order valence-corrected chi connectivity index (χ3v) is 4.08. The van der Waals surface area contributed by atoms with Crippen molar-refractivity contribution in [2.75, 3.05) is 12.4 Å². The van der Waals surface area contributed by atoms with E-state index in [9.17, 15) is 4.79 Å². The first-order valence-electron chi connectivity index (χ1n) is 7.02. The van der Waals surface area contributed by atoms with Crippen LogP contribution in [0, 0.1) is 0 Å². The molecule has 0 aliphatic rings. The van der Waals surface area contributed by atoms with Gasteiger partial charge < -0.3 is 10.1 Å². The summed E-state index contributed by atoms with van der Waals surface area (Å²) >= 11 is 1.47. The van der Waals surface area contributed by atoms with E-state index in [0.717, 1.165) is 27.6 Å². The molecule has 0 fully saturated rings. The number of carbonyl (C=O) groups is 1. The molecule has 23 heavy (non-hydrogen) atoms. The highest BCUT2D eigenvalue weighted by Crippen LogP contribution is 2.27. The number of carbonyl (C=O) groups excluding carboxylic acids is 1. The van der Waals surface area contributed by atoms with E-state index in [2.05, 4.69) is 15.3 Å². The van der Waals surface area contributed by atoms with Crippen LogP contribution in [0.15, 0.2) is 54.3 Å².